The van der Waals surface area contributed by atoms with Gasteiger partial charge in [0, 0.05) is 6.20 Å². The number of halogens is 2. The van der Waals surface area contributed by atoms with Crippen LogP contribution in [0, 0.1) is 3.57 Å². The van der Waals surface area contributed by atoms with Crippen LogP contribution in [0.1, 0.15) is 0 Å². The lowest BCUT2D eigenvalue weighted by molar-refractivity contribution is 0.602. The Kier molecular flexibility index (Phi) is 1.72. The van der Waals surface area contributed by atoms with Gasteiger partial charge in [-0.05, 0) is 34.2 Å². The number of rotatable bonds is 0. The molecule has 3 nitrogen and oxygen atoms in total. The highest BCUT2D eigenvalue weighted by Crippen LogP contribution is 2.22. The molecule has 0 amide bonds. The van der Waals surface area contributed by atoms with E-state index in [1.54, 1.807) is 12.4 Å². The molecule has 2 aromatic rings. The maximum absolute atomic E-state index is 5.55. The fourth-order valence-electron chi connectivity index (χ4n) is 0.795. The topological polar surface area (TPSA) is 38.9 Å². The van der Waals surface area contributed by atoms with E-state index in [1.165, 1.54) is 0 Å². The van der Waals surface area contributed by atoms with Gasteiger partial charge in [-0.1, -0.05) is 0 Å². The molecule has 56 valence electrons. The number of nitrogens with zero attached hydrogens (tertiary/aromatic N) is 2. The number of aromatic nitrogens is 2. The first-order valence-electron chi connectivity index (χ1n) is 2.83. The Morgan fingerprint density at radius 1 is 1.45 bits per heavy atom. The summed E-state index contributed by atoms with van der Waals surface area (Å²) in [4.78, 5) is 7.84. The van der Waals surface area contributed by atoms with Crippen LogP contribution >= 0.6 is 34.2 Å². The zero-order valence-corrected chi connectivity index (χ0v) is 8.13. The summed E-state index contributed by atoms with van der Waals surface area (Å²) in [5, 5.41) is 0.158. The number of fused-ring (bicyclic) bond motifs is 1. The monoisotopic (exact) mass is 280 g/mol. The van der Waals surface area contributed by atoms with E-state index in [1.807, 2.05) is 0 Å². The van der Waals surface area contributed by atoms with E-state index >= 15 is 0 Å². The lowest BCUT2D eigenvalue weighted by Crippen LogP contribution is -1.75. The van der Waals surface area contributed by atoms with Gasteiger partial charge in [-0.25, -0.2) is 0 Å². The molecule has 2 heterocycles. The van der Waals surface area contributed by atoms with Crippen molar-refractivity contribution in [3.63, 3.8) is 0 Å². The Morgan fingerprint density at radius 3 is 3.00 bits per heavy atom. The Labute approximate surface area is 80.9 Å². The second kappa shape index (κ2) is 2.60. The second-order valence-electron chi connectivity index (χ2n) is 1.94. The van der Waals surface area contributed by atoms with E-state index in [-0.39, 0.29) is 5.35 Å². The third-order valence-corrected chi connectivity index (χ3v) is 2.16. The van der Waals surface area contributed by atoms with Crippen LogP contribution in [0.5, 0.6) is 0 Å². The first-order chi connectivity index (χ1) is 5.27. The normalized spacial score (nSPS) is 10.7. The van der Waals surface area contributed by atoms with Crippen molar-refractivity contribution >= 4 is 45.3 Å². The molecule has 0 radical (unpaired) electrons. The molecule has 2 rings (SSSR count). The van der Waals surface area contributed by atoms with E-state index in [0.717, 1.165) is 3.57 Å². The number of hydrogen-bond acceptors (Lipinski definition) is 3. The van der Waals surface area contributed by atoms with Gasteiger partial charge < -0.3 is 4.42 Å². The minimum Gasteiger partial charge on any atom is -0.426 e. The van der Waals surface area contributed by atoms with Crippen molar-refractivity contribution in [1.82, 2.24) is 9.97 Å². The molecule has 0 aliphatic rings. The second-order valence-corrected chi connectivity index (χ2v) is 3.42. The van der Waals surface area contributed by atoms with Crippen LogP contribution in [0.4, 0.5) is 0 Å². The Morgan fingerprint density at radius 2 is 2.27 bits per heavy atom. The van der Waals surface area contributed by atoms with Gasteiger partial charge in [0.2, 0.25) is 0 Å². The molecule has 2 aromatic heterocycles. The SMILES string of the molecule is Clc1nc2cncc(I)c2o1. The smallest absolute Gasteiger partial charge is 0.293 e. The molecule has 0 bridgehead atoms. The van der Waals surface area contributed by atoms with E-state index in [0.29, 0.717) is 11.1 Å². The van der Waals surface area contributed by atoms with Crippen molar-refractivity contribution in [2.24, 2.45) is 0 Å². The average molecular weight is 280 g/mol. The van der Waals surface area contributed by atoms with Crippen LogP contribution in [-0.2, 0) is 0 Å². The fourth-order valence-corrected chi connectivity index (χ4v) is 1.51. The van der Waals surface area contributed by atoms with Gasteiger partial charge >= 0.3 is 0 Å². The first kappa shape index (κ1) is 7.30. The molecule has 0 spiro atoms. The van der Waals surface area contributed by atoms with Gasteiger partial charge in [-0.15, -0.1) is 0 Å². The van der Waals surface area contributed by atoms with Crippen molar-refractivity contribution in [2.45, 2.75) is 0 Å². The van der Waals surface area contributed by atoms with Crippen LogP contribution in [0.25, 0.3) is 11.1 Å². The molecular weight excluding hydrogens is 278 g/mol. The maximum Gasteiger partial charge on any atom is 0.293 e. The highest BCUT2D eigenvalue weighted by molar-refractivity contribution is 14.1. The molecule has 11 heavy (non-hydrogen) atoms. The van der Waals surface area contributed by atoms with E-state index in [4.69, 9.17) is 16.0 Å². The molecule has 5 heteroatoms. The van der Waals surface area contributed by atoms with Crippen LogP contribution in [0.3, 0.4) is 0 Å². The van der Waals surface area contributed by atoms with Crippen LogP contribution in [0.2, 0.25) is 5.35 Å². The number of pyridine rings is 1. The molecule has 0 unspecified atom stereocenters. The first-order valence-corrected chi connectivity index (χ1v) is 4.28. The summed E-state index contributed by atoms with van der Waals surface area (Å²) in [5.41, 5.74) is 1.40. The highest BCUT2D eigenvalue weighted by Gasteiger charge is 2.05. The molecule has 0 aromatic carbocycles. The molecule has 0 saturated carbocycles. The summed E-state index contributed by atoms with van der Waals surface area (Å²) in [6.45, 7) is 0. The van der Waals surface area contributed by atoms with Crippen molar-refractivity contribution in [1.29, 1.82) is 0 Å². The fraction of sp³-hybridized carbons (Fsp3) is 0. The molecule has 0 aliphatic carbocycles. The minimum atomic E-state index is 0.158. The third kappa shape index (κ3) is 1.20. The van der Waals surface area contributed by atoms with Gasteiger partial charge in [0.15, 0.2) is 5.58 Å². The largest absolute Gasteiger partial charge is 0.426 e. The summed E-state index contributed by atoms with van der Waals surface area (Å²) in [6.07, 6.45) is 3.32. The van der Waals surface area contributed by atoms with Crippen molar-refractivity contribution in [2.75, 3.05) is 0 Å². The standard InChI is InChI=1S/C6H2ClIN2O/c7-6-10-4-2-9-1-3(8)5(4)11-6/h1-2H. The molecule has 0 aliphatic heterocycles. The predicted molar refractivity (Wildman–Crippen MR) is 49.5 cm³/mol. The average Bonchev–Trinajstić information content (AvgIpc) is 2.31. The zero-order chi connectivity index (χ0) is 7.84. The molecule has 0 N–H and O–H groups in total. The van der Waals surface area contributed by atoms with Crippen molar-refractivity contribution in [3.05, 3.63) is 21.3 Å². The highest BCUT2D eigenvalue weighted by atomic mass is 127. The summed E-state index contributed by atoms with van der Waals surface area (Å²) < 4.78 is 6.02. The van der Waals surface area contributed by atoms with E-state index < -0.39 is 0 Å². The van der Waals surface area contributed by atoms with Gasteiger partial charge in [0.25, 0.3) is 5.35 Å². The van der Waals surface area contributed by atoms with Crippen molar-refractivity contribution < 1.29 is 4.42 Å². The molecular formula is C6H2ClIN2O. The summed E-state index contributed by atoms with van der Waals surface area (Å²) in [7, 11) is 0. The van der Waals surface area contributed by atoms with Gasteiger partial charge in [-0.2, -0.15) is 4.98 Å². The lowest BCUT2D eigenvalue weighted by Gasteiger charge is -1.86. The summed E-state index contributed by atoms with van der Waals surface area (Å²) in [5.74, 6) is 0. The van der Waals surface area contributed by atoms with E-state index in [9.17, 15) is 0 Å². The summed E-state index contributed by atoms with van der Waals surface area (Å²) in [6, 6.07) is 0. The van der Waals surface area contributed by atoms with Crippen LogP contribution < -0.4 is 0 Å². The Hall–Kier alpha value is -0.360. The Bertz CT molecular complexity index is 400. The van der Waals surface area contributed by atoms with Gasteiger partial charge in [0.05, 0.1) is 9.77 Å². The lowest BCUT2D eigenvalue weighted by atomic mass is 10.4. The summed E-state index contributed by atoms with van der Waals surface area (Å²) >= 11 is 7.66. The molecule has 0 saturated heterocycles. The Balaban J connectivity index is 2.90. The molecule has 0 atom stereocenters. The zero-order valence-electron chi connectivity index (χ0n) is 5.21. The number of hydrogen-bond donors (Lipinski definition) is 0. The predicted octanol–water partition coefficient (Wildman–Crippen LogP) is 2.48. The maximum atomic E-state index is 5.55. The van der Waals surface area contributed by atoms with Crippen LogP contribution in [-0.4, -0.2) is 9.97 Å². The quantitative estimate of drug-likeness (QED) is 0.696. The minimum absolute atomic E-state index is 0.158. The number of oxazole rings is 1. The third-order valence-electron chi connectivity index (χ3n) is 1.23. The van der Waals surface area contributed by atoms with Gasteiger partial charge in [-0.3, -0.25) is 4.98 Å². The molecule has 0 fully saturated rings. The van der Waals surface area contributed by atoms with E-state index in [2.05, 4.69) is 32.6 Å². The van der Waals surface area contributed by atoms with Crippen LogP contribution in [0.15, 0.2) is 16.8 Å². The van der Waals surface area contributed by atoms with Crippen molar-refractivity contribution in [3.8, 4) is 0 Å². The van der Waals surface area contributed by atoms with Gasteiger partial charge in [0.1, 0.15) is 5.52 Å².